The highest BCUT2D eigenvalue weighted by Gasteiger charge is 2.68. The summed E-state index contributed by atoms with van der Waals surface area (Å²) in [4.78, 5) is 58.5. The number of halogens is 10. The van der Waals surface area contributed by atoms with Gasteiger partial charge in [-0.1, -0.05) is 23.3 Å². The summed E-state index contributed by atoms with van der Waals surface area (Å²) >= 11 is 12.8. The molecule has 6 atom stereocenters. The number of nitrogens with zero attached hydrogens (tertiary/aromatic N) is 2. The van der Waals surface area contributed by atoms with Gasteiger partial charge in [-0.3, -0.25) is 19.2 Å². The zero-order valence-electron chi connectivity index (χ0n) is 27.6. The number of anilines is 2. The monoisotopic (exact) mass is 906 g/mol. The van der Waals surface area contributed by atoms with Crippen molar-refractivity contribution in [2.75, 3.05) is 16.9 Å². The summed E-state index contributed by atoms with van der Waals surface area (Å²) in [6, 6.07) is 5.18. The zero-order chi connectivity index (χ0) is 39.6. The van der Waals surface area contributed by atoms with E-state index in [4.69, 9.17) is 16.3 Å². The van der Waals surface area contributed by atoms with Crippen LogP contribution in [0.25, 0.3) is 0 Å². The van der Waals surface area contributed by atoms with Gasteiger partial charge in [-0.25, -0.2) is 14.2 Å². The van der Waals surface area contributed by atoms with E-state index in [2.05, 4.69) is 31.9 Å². The van der Waals surface area contributed by atoms with Gasteiger partial charge in [0.1, 0.15) is 5.82 Å². The minimum absolute atomic E-state index is 0.0427. The van der Waals surface area contributed by atoms with Crippen LogP contribution in [0.4, 0.5) is 42.1 Å². The molecule has 1 N–H and O–H groups in total. The molecular formula is C36H24Br2ClF7N2O6. The van der Waals surface area contributed by atoms with E-state index >= 15 is 0 Å². The van der Waals surface area contributed by atoms with Crippen LogP contribution in [0, 0.1) is 34.9 Å². The minimum Gasteiger partial charge on any atom is -0.503 e. The second kappa shape index (κ2) is 12.8. The standard InChI is InChI=1S/C36H24Br2ClF7N2O6/c1-34-21(31(51)48(33(34)53)15-3-6-23(40)22(39)10-15)11-19-17(26(34)20-12-24(54-2)29(49)28(38)27(20)37)4-5-18-25(19)32(52)47(30(18)50)16-8-13(35(41,42)43)7-14(9-16)36(44,45)46/h3-4,6-10,12,18-19,21,25-26,49H,5,11H2,1-2H3/t18-,19+,21-,25-,26+,34+/m0/s1. The average Bonchev–Trinajstić information content (AvgIpc) is 3.47. The Morgan fingerprint density at radius 1 is 0.852 bits per heavy atom. The SMILES string of the molecule is COc1cc([C@H]2C3=CC[C@@H]4C(=O)N(c5cc(C(F)(F)F)cc(C(F)(F)F)c5)C(=O)[C@@H]4[C@@H]3C[C@H]3C(=O)N(c4ccc(F)c(Cl)c4)C(=O)[C@@]23C)c(Br)c(Br)c1O. The van der Waals surface area contributed by atoms with Crippen molar-refractivity contribution >= 4 is 78.5 Å². The molecule has 7 rings (SSSR count). The van der Waals surface area contributed by atoms with Crippen LogP contribution in [0.1, 0.15) is 42.4 Å². The van der Waals surface area contributed by atoms with E-state index in [0.29, 0.717) is 28.2 Å². The van der Waals surface area contributed by atoms with Gasteiger partial charge < -0.3 is 9.84 Å². The molecule has 1 saturated carbocycles. The van der Waals surface area contributed by atoms with E-state index in [1.807, 2.05) is 0 Å². The lowest BCUT2D eigenvalue weighted by molar-refractivity contribution is -0.143. The van der Waals surface area contributed by atoms with Crippen LogP contribution in [-0.2, 0) is 31.5 Å². The lowest BCUT2D eigenvalue weighted by Gasteiger charge is -2.49. The number of alkyl halides is 6. The summed E-state index contributed by atoms with van der Waals surface area (Å²) < 4.78 is 103. The lowest BCUT2D eigenvalue weighted by Crippen LogP contribution is -2.49. The smallest absolute Gasteiger partial charge is 0.416 e. The fraction of sp³-hybridized carbons (Fsp3) is 0.333. The topological polar surface area (TPSA) is 104 Å². The number of phenols is 1. The molecule has 2 aliphatic heterocycles. The first-order valence-corrected chi connectivity index (χ1v) is 18.0. The van der Waals surface area contributed by atoms with E-state index in [0.717, 1.165) is 17.0 Å². The fourth-order valence-electron chi connectivity index (χ4n) is 8.53. The van der Waals surface area contributed by atoms with Crippen LogP contribution in [-0.4, -0.2) is 35.8 Å². The first kappa shape index (κ1) is 38.3. The number of imide groups is 2. The Labute approximate surface area is 323 Å². The third-order valence-electron chi connectivity index (χ3n) is 11.0. The number of phenolic OH excluding ortho intramolecular Hbond substituents is 1. The van der Waals surface area contributed by atoms with Crippen LogP contribution < -0.4 is 14.5 Å². The Kier molecular flexibility index (Phi) is 9.08. The molecule has 8 nitrogen and oxygen atoms in total. The Balaban J connectivity index is 1.40. The molecule has 0 bridgehead atoms. The lowest BCUT2D eigenvalue weighted by atomic mass is 9.51. The number of fused-ring (bicyclic) bond motifs is 4. The van der Waals surface area contributed by atoms with Crippen molar-refractivity contribution in [3.05, 3.63) is 90.6 Å². The molecule has 4 aliphatic rings. The van der Waals surface area contributed by atoms with Crippen molar-refractivity contribution in [3.63, 3.8) is 0 Å². The fourth-order valence-corrected chi connectivity index (χ4v) is 9.66. The Morgan fingerprint density at radius 3 is 2.06 bits per heavy atom. The van der Waals surface area contributed by atoms with Gasteiger partial charge in [0.25, 0.3) is 0 Å². The summed E-state index contributed by atoms with van der Waals surface area (Å²) in [7, 11) is 1.28. The van der Waals surface area contributed by atoms with E-state index in [-0.39, 0.29) is 50.1 Å². The van der Waals surface area contributed by atoms with Crippen molar-refractivity contribution in [1.82, 2.24) is 0 Å². The van der Waals surface area contributed by atoms with Gasteiger partial charge in [0.15, 0.2) is 11.5 Å². The Morgan fingerprint density at radius 2 is 1.48 bits per heavy atom. The quantitative estimate of drug-likeness (QED) is 0.159. The van der Waals surface area contributed by atoms with Gasteiger partial charge in [-0.2, -0.15) is 26.3 Å². The number of hydrogen-bond acceptors (Lipinski definition) is 6. The number of rotatable bonds is 4. The van der Waals surface area contributed by atoms with Crippen molar-refractivity contribution in [2.45, 2.75) is 38.0 Å². The molecule has 2 saturated heterocycles. The molecule has 4 amide bonds. The maximum absolute atomic E-state index is 14.7. The van der Waals surface area contributed by atoms with Crippen molar-refractivity contribution in [3.8, 4) is 11.5 Å². The predicted octanol–water partition coefficient (Wildman–Crippen LogP) is 9.19. The number of carbonyl (C=O) groups is 4. The van der Waals surface area contributed by atoms with Crippen molar-refractivity contribution in [1.29, 1.82) is 0 Å². The van der Waals surface area contributed by atoms with E-state index in [1.54, 1.807) is 6.08 Å². The average molecular weight is 909 g/mol. The van der Waals surface area contributed by atoms with Gasteiger partial charge in [-0.15, -0.1) is 0 Å². The number of methoxy groups -OCH3 is 1. The number of amides is 4. The summed E-state index contributed by atoms with van der Waals surface area (Å²) in [5, 5.41) is 10.4. The van der Waals surface area contributed by atoms with Gasteiger partial charge in [-0.05, 0) is 106 Å². The van der Waals surface area contributed by atoms with Crippen molar-refractivity contribution < 1.29 is 59.8 Å². The maximum atomic E-state index is 14.7. The molecule has 0 spiro atoms. The highest BCUT2D eigenvalue weighted by molar-refractivity contribution is 9.13. The van der Waals surface area contributed by atoms with Crippen LogP contribution >= 0.6 is 43.5 Å². The molecule has 0 unspecified atom stereocenters. The molecule has 0 radical (unpaired) electrons. The number of allylic oxidation sites excluding steroid dienone is 2. The minimum atomic E-state index is -5.26. The molecule has 54 heavy (non-hydrogen) atoms. The molecule has 18 heteroatoms. The summed E-state index contributed by atoms with van der Waals surface area (Å²) in [5.41, 5.74) is -5.34. The van der Waals surface area contributed by atoms with Crippen molar-refractivity contribution in [2.24, 2.45) is 29.1 Å². The Hall–Kier alpha value is -3.96. The third-order valence-corrected chi connectivity index (χ3v) is 13.4. The Bertz CT molecular complexity index is 2200. The summed E-state index contributed by atoms with van der Waals surface area (Å²) in [6.07, 6.45) is -9.32. The predicted molar refractivity (Wildman–Crippen MR) is 185 cm³/mol. The summed E-state index contributed by atoms with van der Waals surface area (Å²) in [5.74, 6) is -10.7. The second-order valence-corrected chi connectivity index (χ2v) is 15.7. The molecule has 284 valence electrons. The first-order valence-electron chi connectivity index (χ1n) is 16.1. The van der Waals surface area contributed by atoms with E-state index in [1.165, 1.54) is 26.2 Å². The van der Waals surface area contributed by atoms with E-state index < -0.39 is 93.6 Å². The normalized spacial score (nSPS) is 26.9. The third kappa shape index (κ3) is 5.58. The number of aromatic hydroxyl groups is 1. The molecule has 2 heterocycles. The first-order chi connectivity index (χ1) is 25.1. The molecule has 2 aliphatic carbocycles. The maximum Gasteiger partial charge on any atom is 0.416 e. The largest absolute Gasteiger partial charge is 0.503 e. The number of carbonyl (C=O) groups excluding carboxylic acids is 4. The number of ether oxygens (including phenoxy) is 1. The highest BCUT2D eigenvalue weighted by Crippen LogP contribution is 2.65. The van der Waals surface area contributed by atoms with Gasteiger partial charge in [0.05, 0.1) is 62.3 Å². The zero-order valence-corrected chi connectivity index (χ0v) is 31.5. The molecule has 3 fully saturated rings. The second-order valence-electron chi connectivity index (χ2n) is 13.7. The van der Waals surface area contributed by atoms with Gasteiger partial charge in [0, 0.05) is 10.4 Å². The number of hydrogen-bond donors (Lipinski definition) is 1. The molecular weight excluding hydrogens is 885 g/mol. The van der Waals surface area contributed by atoms with E-state index in [9.17, 15) is 55.0 Å². The number of benzene rings is 3. The van der Waals surface area contributed by atoms with Crippen LogP contribution in [0.2, 0.25) is 5.02 Å². The molecule has 3 aromatic rings. The molecule has 0 aromatic heterocycles. The highest BCUT2D eigenvalue weighted by atomic mass is 79.9. The summed E-state index contributed by atoms with van der Waals surface area (Å²) in [6.45, 7) is 1.53. The van der Waals surface area contributed by atoms with Crippen LogP contribution in [0.15, 0.2) is 63.1 Å². The molecule has 3 aromatic carbocycles. The van der Waals surface area contributed by atoms with Crippen LogP contribution in [0.3, 0.4) is 0 Å². The van der Waals surface area contributed by atoms with Gasteiger partial charge >= 0.3 is 12.4 Å². The van der Waals surface area contributed by atoms with Crippen LogP contribution in [0.5, 0.6) is 11.5 Å². The van der Waals surface area contributed by atoms with Gasteiger partial charge in [0.2, 0.25) is 23.6 Å².